The second-order valence-electron chi connectivity index (χ2n) is 14.9. The Hall–Kier alpha value is -7.81. The van der Waals surface area contributed by atoms with Crippen LogP contribution in [0.5, 0.6) is 0 Å². The van der Waals surface area contributed by atoms with Crippen molar-refractivity contribution in [1.82, 2.24) is 49.8 Å². The fourth-order valence-electron chi connectivity index (χ4n) is 6.28. The van der Waals surface area contributed by atoms with Crippen LogP contribution in [0, 0.1) is 20.0 Å². The number of carbonyl (C=O) groups is 11. The molecule has 3 atom stereocenters. The number of nitrogens with one attached hydrogen (secondary N) is 3. The molecule has 32 nitrogen and oxygen atoms in total. The summed E-state index contributed by atoms with van der Waals surface area (Å²) in [4.78, 5) is 142. The molecule has 407 valence electrons. The van der Waals surface area contributed by atoms with Gasteiger partial charge in [-0.05, 0) is 45.1 Å². The first-order chi connectivity index (χ1) is 34.6. The molecule has 0 saturated heterocycles. The number of hydrogen-bond donors (Lipinski definition) is 11. The number of hydrogen-bond acceptors (Lipinski definition) is 15. The molecule has 0 spiro atoms. The molecule has 2 rings (SSSR count). The average Bonchev–Trinajstić information content (AvgIpc) is 3.96. The van der Waals surface area contributed by atoms with Gasteiger partial charge in [0.1, 0.15) is 63.0 Å². The maximum Gasteiger partial charge on any atom is 0 e. The van der Waals surface area contributed by atoms with Crippen LogP contribution >= 0.6 is 0 Å². The Balaban J connectivity index is -0.00000693. The quantitative estimate of drug-likeness (QED) is 0.0187. The number of carboxylic acids is 7. The maximum absolute atomic E-state index is 13.0. The predicted molar refractivity (Wildman–Crippen MR) is 234 cm³/mol. The summed E-state index contributed by atoms with van der Waals surface area (Å²) < 4.78 is 25.3. The van der Waals surface area contributed by atoms with Crippen molar-refractivity contribution in [2.45, 2.75) is 95.7 Å². The molecule has 0 saturated carbocycles. The summed E-state index contributed by atoms with van der Waals surface area (Å²) >= 11 is 0. The van der Waals surface area contributed by atoms with Crippen molar-refractivity contribution in [3.8, 4) is 0 Å². The van der Waals surface area contributed by atoms with Crippen LogP contribution in [-0.2, 0) is 109 Å². The second-order valence-corrected chi connectivity index (χ2v) is 14.9. The molecule has 1 radical (unpaired) electrons. The van der Waals surface area contributed by atoms with Crippen molar-refractivity contribution in [2.75, 3.05) is 39.3 Å². The van der Waals surface area contributed by atoms with Crippen molar-refractivity contribution >= 4 is 65.5 Å². The van der Waals surface area contributed by atoms with Gasteiger partial charge in [0.05, 0.1) is 19.1 Å². The van der Waals surface area contributed by atoms with Gasteiger partial charge in [0.15, 0.2) is 0 Å². The molecule has 0 fully saturated rings. The van der Waals surface area contributed by atoms with Crippen LogP contribution in [0.25, 0.3) is 0 Å². The first-order valence-corrected chi connectivity index (χ1v) is 21.1. The summed E-state index contributed by atoms with van der Waals surface area (Å²) in [5.74, 6) is -11.5. The zero-order valence-corrected chi connectivity index (χ0v) is 41.9. The molecule has 2 heterocycles. The zero-order valence-electron chi connectivity index (χ0n) is 39.2. The largest absolute Gasteiger partial charge is 0 e. The van der Waals surface area contributed by atoms with Crippen molar-refractivity contribution in [2.24, 2.45) is 5.73 Å². The van der Waals surface area contributed by atoms with E-state index in [2.05, 4.69) is 40.6 Å². The summed E-state index contributed by atoms with van der Waals surface area (Å²) in [6.45, 7) is 9.45. The third-order valence-corrected chi connectivity index (χ3v) is 9.60. The third kappa shape index (κ3) is 30.2. The van der Waals surface area contributed by atoms with Crippen LogP contribution in [0.2, 0.25) is 0 Å². The Morgan fingerprint density at radius 2 is 0.973 bits per heavy atom. The Morgan fingerprint density at radius 3 is 1.35 bits per heavy atom. The summed E-state index contributed by atoms with van der Waals surface area (Å²) in [6.07, 6.45) is 5.97. The van der Waals surface area contributed by atoms with Crippen LogP contribution in [0.4, 0.5) is 4.79 Å². The number of imidazole rings is 2. The number of aromatic nitrogens is 4. The van der Waals surface area contributed by atoms with Crippen molar-refractivity contribution in [3.63, 3.8) is 0 Å². The summed E-state index contributed by atoms with van der Waals surface area (Å²) in [5.41, 5.74) is 6.13. The van der Waals surface area contributed by atoms with Gasteiger partial charge in [0.2, 0.25) is 17.7 Å². The maximum atomic E-state index is 13.0. The first-order valence-electron chi connectivity index (χ1n) is 21.1. The summed E-state index contributed by atoms with van der Waals surface area (Å²) in [7, 11) is 0. The predicted octanol–water partition coefficient (Wildman–Crippen LogP) is -3.18. The number of amides is 5. The number of aliphatic carboxylic acids is 7. The number of urea groups is 1. The van der Waals surface area contributed by atoms with Crippen molar-refractivity contribution in [1.29, 1.82) is 0 Å². The summed E-state index contributed by atoms with van der Waals surface area (Å²) in [6, 6.07) is -5.08. The number of carboxylic acid groups (broad SMARTS) is 7. The molecule has 0 aliphatic carbocycles. The van der Waals surface area contributed by atoms with Crippen LogP contribution in [0.3, 0.4) is 0 Å². The molecule has 2 aromatic heterocycles. The Bertz CT molecular complexity index is 2090. The molecular formula is C41H55N11O21Re. The van der Waals surface area contributed by atoms with E-state index in [-0.39, 0.29) is 83.9 Å². The molecule has 12 N–H and O–H groups in total. The van der Waals surface area contributed by atoms with E-state index in [0.29, 0.717) is 22.6 Å². The third-order valence-electron chi connectivity index (χ3n) is 9.60. The fraction of sp³-hybridized carbons (Fsp3) is 0.512. The zero-order chi connectivity index (χ0) is 56.2. The topological polar surface area (TPSA) is 497 Å². The number of carbonyl (C=O) groups excluding carboxylic acids is 4. The number of nitrogens with two attached hydrogens (primary N) is 1. The van der Waals surface area contributed by atoms with Gasteiger partial charge >= 0.3 is 81.7 Å². The minimum absolute atomic E-state index is 0. The van der Waals surface area contributed by atoms with Crippen molar-refractivity contribution in [3.05, 3.63) is 56.4 Å². The molecular weight excluding hydrogens is 1170 g/mol. The van der Waals surface area contributed by atoms with Gasteiger partial charge in [-0.25, -0.2) is 24.4 Å². The fourth-order valence-corrected chi connectivity index (χ4v) is 6.28. The molecule has 0 bridgehead atoms. The van der Waals surface area contributed by atoms with E-state index in [1.54, 1.807) is 4.90 Å². The molecule has 33 heteroatoms. The van der Waals surface area contributed by atoms with Crippen LogP contribution in [0.15, 0.2) is 24.8 Å². The van der Waals surface area contributed by atoms with Gasteiger partial charge in [-0.3, -0.25) is 43.3 Å². The van der Waals surface area contributed by atoms with Crippen molar-refractivity contribution < 1.29 is 123 Å². The van der Waals surface area contributed by atoms with E-state index < -0.39 is 136 Å². The van der Waals surface area contributed by atoms with Gasteiger partial charge in [-0.1, -0.05) is 6.42 Å². The minimum Gasteiger partial charge on any atom is 0 e. The molecule has 0 aromatic carbocycles. The number of rotatable bonds is 34. The van der Waals surface area contributed by atoms with Crippen LogP contribution in [-0.4, -0.2) is 192 Å². The number of nitrogens with zero attached hydrogens (tertiary/aromatic N) is 7. The van der Waals surface area contributed by atoms with Crippen LogP contribution in [0.1, 0.15) is 63.0 Å². The molecule has 74 heavy (non-hydrogen) atoms. The van der Waals surface area contributed by atoms with Gasteiger partial charge < -0.3 is 76.4 Å². The first kappa shape index (κ1) is 70.4. The normalized spacial score (nSPS) is 11.2. The Labute approximate surface area is 434 Å². The molecule has 0 unspecified atom stereocenters. The molecule has 2 aromatic rings. The number of unbranched alkanes of at least 4 members (excludes halogenated alkanes) is 2. The SMILES string of the molecule is N[C@@H](CCCCN(Cc1nccn1CC(=O)N(CC(=O)O)CC(=O)O)Cc1nccn1CC(=O)N(CC(=O)O)CC(=O)O)C(=O)NCCCC[C@H](NC(=O)N[C@@H](CCC(=O)O)C(=O)O)C(=O)O.[C-]#[O+].[C-]#[O+].[C-]#[O+].[Re]. The Morgan fingerprint density at radius 1 is 0.581 bits per heavy atom. The van der Waals surface area contributed by atoms with E-state index in [1.807, 2.05) is 5.32 Å². The van der Waals surface area contributed by atoms with E-state index in [1.165, 1.54) is 33.9 Å². The molecule has 0 aliphatic heterocycles. The van der Waals surface area contributed by atoms with Gasteiger partial charge in [-0.15, -0.1) is 0 Å². The van der Waals surface area contributed by atoms with E-state index in [9.17, 15) is 83.4 Å². The van der Waals surface area contributed by atoms with Crippen LogP contribution < -0.4 is 21.7 Å². The van der Waals surface area contributed by atoms with E-state index in [4.69, 9.17) is 24.8 Å². The average molecular weight is 1220 g/mol. The van der Waals surface area contributed by atoms with Gasteiger partial charge in [0.25, 0.3) is 0 Å². The summed E-state index contributed by atoms with van der Waals surface area (Å²) in [5, 5.41) is 71.1. The minimum atomic E-state index is -1.57. The standard InChI is InChI=1S/C38H55N11O18.3CO.Re/c39-23(35(62)42-9-3-1-6-24(36(63)64)43-38(67)44-25(37(65)66)7-8-30(52)53)5-2-4-12-45(15-26-40-10-13-46(26)17-28(50)48(19-31(54)55)20-32(56)57)16-27-41-11-14-47(27)18-29(51)49(21-33(58)59)22-34(60)61;3*1-2;/h10-11,13-14,23-25H,1-9,12,15-22,39H2,(H,42,62)(H,52,53)(H,54,55)(H,56,57)(H,58,59)(H,60,61)(H,63,64)(H,65,66)(H2,43,44,67);;;;/t23-,24-,25-;;;;/m0..../s1. The Kier molecular flexibility index (Phi) is 37.9. The van der Waals surface area contributed by atoms with E-state index >= 15 is 0 Å². The van der Waals surface area contributed by atoms with Gasteiger partial charge in [-0.2, -0.15) is 0 Å². The van der Waals surface area contributed by atoms with E-state index in [0.717, 1.165) is 0 Å². The second kappa shape index (κ2) is 39.8. The monoisotopic (exact) mass is 1220 g/mol. The molecule has 0 aliphatic rings. The molecule has 5 amide bonds. The smallest absolute Gasteiger partial charge is 0 e. The van der Waals surface area contributed by atoms with Gasteiger partial charge in [0, 0.05) is 58.2 Å².